The lowest BCUT2D eigenvalue weighted by atomic mass is 10.3. The number of benzene rings is 3. The summed E-state index contributed by atoms with van der Waals surface area (Å²) in [6.45, 7) is 0. The van der Waals surface area contributed by atoms with E-state index in [1.54, 1.807) is 0 Å². The highest BCUT2D eigenvalue weighted by Crippen LogP contribution is 2.42. The van der Waals surface area contributed by atoms with E-state index in [4.69, 9.17) is 23.2 Å². The van der Waals surface area contributed by atoms with Crippen LogP contribution < -0.4 is 0 Å². The van der Waals surface area contributed by atoms with E-state index < -0.39 is 27.7 Å². The summed E-state index contributed by atoms with van der Waals surface area (Å²) in [6.07, 6.45) is -4.94. The van der Waals surface area contributed by atoms with Gasteiger partial charge in [-0.25, -0.2) is 17.2 Å². The number of halogens is 8. The molecule has 0 aliphatic heterocycles. The molecule has 0 aliphatic carbocycles. The van der Waals surface area contributed by atoms with Crippen molar-refractivity contribution in [1.29, 1.82) is 0 Å². The number of alkyl halides is 6. The van der Waals surface area contributed by atoms with E-state index >= 15 is 0 Å². The van der Waals surface area contributed by atoms with Crippen molar-refractivity contribution in [3.8, 4) is 0 Å². The summed E-state index contributed by atoms with van der Waals surface area (Å²) in [5, 5.41) is -4.80. The Morgan fingerprint density at radius 1 is 0.706 bits per heavy atom. The van der Waals surface area contributed by atoms with Crippen LogP contribution in [-0.4, -0.2) is 30.6 Å². The van der Waals surface area contributed by atoms with Crippen LogP contribution in [0.5, 0.6) is 0 Å². The maximum atomic E-state index is 11.8. The minimum absolute atomic E-state index is 0.148. The van der Waals surface area contributed by atoms with Crippen LogP contribution in [0.25, 0.3) is 0 Å². The van der Waals surface area contributed by atoms with Crippen molar-refractivity contribution in [3.05, 3.63) is 88.9 Å². The lowest BCUT2D eigenvalue weighted by Gasteiger charge is -2.27. The maximum Gasteiger partial charge on any atom is 0.402 e. The molecule has 0 saturated carbocycles. The van der Waals surface area contributed by atoms with Crippen LogP contribution in [0.1, 0.15) is 0 Å². The van der Waals surface area contributed by atoms with Crippen LogP contribution in [0.15, 0.2) is 93.5 Å². The molecule has 0 radical (unpaired) electrons. The Morgan fingerprint density at radius 2 is 1.06 bits per heavy atom. The van der Waals surface area contributed by atoms with Crippen LogP contribution in [0, 0.1) is 0 Å². The molecule has 0 heterocycles. The second-order valence-corrected chi connectivity index (χ2v) is 10.7. The highest BCUT2D eigenvalue weighted by atomic mass is 35.5. The van der Waals surface area contributed by atoms with Crippen LogP contribution in [0.3, 0.4) is 0 Å². The van der Waals surface area contributed by atoms with Gasteiger partial charge in [-0.3, -0.25) is 0 Å². The Labute approximate surface area is 204 Å². The van der Waals surface area contributed by atoms with Crippen molar-refractivity contribution >= 4 is 44.2 Å². The zero-order valence-corrected chi connectivity index (χ0v) is 19.8. The SMILES string of the molecule is Clc1ccc([S+](c2ccccc2)c2ccc(Cl)cc2)cc1.O=S(=O)([O-])C(F)(F)C(F)(F)C(F)F. The summed E-state index contributed by atoms with van der Waals surface area (Å²) in [5.74, 6) is -6.19. The molecular formula is C21H14Cl2F6O3S2. The molecule has 0 fully saturated rings. The van der Waals surface area contributed by atoms with Crippen molar-refractivity contribution in [3.63, 3.8) is 0 Å². The topological polar surface area (TPSA) is 57.2 Å². The molecule has 3 aromatic rings. The Hall–Kier alpha value is -1.92. The molecule has 3 aromatic carbocycles. The van der Waals surface area contributed by atoms with Crippen molar-refractivity contribution in [1.82, 2.24) is 0 Å². The minimum atomic E-state index is -6.82. The van der Waals surface area contributed by atoms with Crippen molar-refractivity contribution in [2.75, 3.05) is 0 Å². The second-order valence-electron chi connectivity index (χ2n) is 6.42. The predicted molar refractivity (Wildman–Crippen MR) is 117 cm³/mol. The van der Waals surface area contributed by atoms with E-state index in [9.17, 15) is 39.3 Å². The summed E-state index contributed by atoms with van der Waals surface area (Å²) < 4.78 is 98.0. The quantitative estimate of drug-likeness (QED) is 0.183. The van der Waals surface area contributed by atoms with Crippen LogP contribution >= 0.6 is 23.2 Å². The van der Waals surface area contributed by atoms with Gasteiger partial charge in [-0.1, -0.05) is 41.4 Å². The van der Waals surface area contributed by atoms with Crippen molar-refractivity contribution in [2.45, 2.75) is 32.3 Å². The maximum absolute atomic E-state index is 11.8. The molecule has 13 heteroatoms. The van der Waals surface area contributed by atoms with E-state index in [0.717, 1.165) is 10.0 Å². The first-order chi connectivity index (χ1) is 15.7. The number of hydrogen-bond donors (Lipinski definition) is 0. The van der Waals surface area contributed by atoms with Gasteiger partial charge in [0, 0.05) is 10.0 Å². The Balaban J connectivity index is 0.000000273. The molecule has 0 aliphatic rings. The zero-order valence-electron chi connectivity index (χ0n) is 16.6. The van der Waals surface area contributed by atoms with E-state index in [1.165, 1.54) is 14.7 Å². The highest BCUT2D eigenvalue weighted by molar-refractivity contribution is 7.97. The third-order valence-electron chi connectivity index (χ3n) is 4.05. The smallest absolute Gasteiger partial charge is 0.402 e. The Kier molecular flexibility index (Phi) is 9.34. The van der Waals surface area contributed by atoms with Gasteiger partial charge in [0.25, 0.3) is 0 Å². The summed E-state index contributed by atoms with van der Waals surface area (Å²) >= 11 is 12.0. The van der Waals surface area contributed by atoms with Gasteiger partial charge in [0.1, 0.15) is 0 Å². The molecule has 34 heavy (non-hydrogen) atoms. The molecule has 0 aromatic heterocycles. The average Bonchev–Trinajstić information content (AvgIpc) is 2.77. The van der Waals surface area contributed by atoms with Gasteiger partial charge in [-0.2, -0.15) is 17.6 Å². The zero-order chi connectivity index (χ0) is 25.7. The molecule has 0 bridgehead atoms. The first-order valence-corrected chi connectivity index (χ1v) is 12.4. The molecular weight excluding hydrogens is 549 g/mol. The Morgan fingerprint density at radius 3 is 1.35 bits per heavy atom. The van der Waals surface area contributed by atoms with E-state index in [1.807, 2.05) is 30.3 Å². The normalized spacial score (nSPS) is 12.4. The van der Waals surface area contributed by atoms with Gasteiger partial charge < -0.3 is 4.55 Å². The minimum Gasteiger partial charge on any atom is -0.743 e. The molecule has 0 N–H and O–H groups in total. The lowest BCUT2D eigenvalue weighted by molar-refractivity contribution is -0.227. The van der Waals surface area contributed by atoms with E-state index in [-0.39, 0.29) is 10.9 Å². The Bertz CT molecular complexity index is 1130. The molecule has 0 atom stereocenters. The second kappa shape index (κ2) is 11.2. The summed E-state index contributed by atoms with van der Waals surface area (Å²) in [4.78, 5) is 3.77. The molecule has 0 spiro atoms. The fourth-order valence-corrected chi connectivity index (χ4v) is 5.14. The molecule has 3 nitrogen and oxygen atoms in total. The van der Waals surface area contributed by atoms with E-state index in [2.05, 4.69) is 48.5 Å². The van der Waals surface area contributed by atoms with E-state index in [0.29, 0.717) is 0 Å². The van der Waals surface area contributed by atoms with Gasteiger partial charge in [0.15, 0.2) is 24.8 Å². The molecule has 0 saturated heterocycles. The fraction of sp³-hybridized carbons (Fsp3) is 0.143. The van der Waals surface area contributed by atoms with Gasteiger partial charge in [0.2, 0.25) is 0 Å². The van der Waals surface area contributed by atoms with Gasteiger partial charge in [0.05, 0.1) is 10.9 Å². The average molecular weight is 563 g/mol. The molecule has 0 amide bonds. The first kappa shape index (κ1) is 28.3. The van der Waals surface area contributed by atoms with Crippen molar-refractivity contribution in [2.24, 2.45) is 0 Å². The summed E-state index contributed by atoms with van der Waals surface area (Å²) in [5.41, 5.74) is 0. The molecule has 184 valence electrons. The largest absolute Gasteiger partial charge is 0.743 e. The predicted octanol–water partition coefficient (Wildman–Crippen LogP) is 7.11. The third kappa shape index (κ3) is 6.60. The van der Waals surface area contributed by atoms with Crippen LogP contribution in [-0.2, 0) is 21.0 Å². The highest BCUT2D eigenvalue weighted by Gasteiger charge is 2.67. The monoisotopic (exact) mass is 562 g/mol. The van der Waals surface area contributed by atoms with Gasteiger partial charge >= 0.3 is 17.6 Å². The first-order valence-electron chi connectivity index (χ1n) is 8.98. The van der Waals surface area contributed by atoms with Gasteiger partial charge in [-0.15, -0.1) is 0 Å². The summed E-state index contributed by atoms with van der Waals surface area (Å²) in [7, 11) is -6.97. The van der Waals surface area contributed by atoms with Gasteiger partial charge in [-0.05, 0) is 60.7 Å². The number of hydrogen-bond acceptors (Lipinski definition) is 3. The van der Waals surface area contributed by atoms with Crippen LogP contribution in [0.2, 0.25) is 10.0 Å². The molecule has 0 unspecified atom stereocenters. The fourth-order valence-electron chi connectivity index (χ4n) is 2.40. The standard InChI is InChI=1S/C18H13Cl2S.C3H2F6O3S/c19-14-6-10-17(11-7-14)21(16-4-2-1-3-5-16)18-12-8-15(20)9-13-18;4-1(5)2(6,7)3(8,9)13(10,11)12/h1-13H;1H,(H,10,11,12)/q+1;/p-1. The summed E-state index contributed by atoms with van der Waals surface area (Å²) in [6, 6.07) is 26.6. The molecule has 3 rings (SSSR count). The third-order valence-corrected chi connectivity index (χ3v) is 7.69. The van der Waals surface area contributed by atoms with Crippen molar-refractivity contribution < 1.29 is 39.3 Å². The lowest BCUT2D eigenvalue weighted by Crippen LogP contribution is -2.51. The number of rotatable bonds is 6. The van der Waals surface area contributed by atoms with Crippen LogP contribution in [0.4, 0.5) is 26.3 Å².